The number of thiazole rings is 1. The van der Waals surface area contributed by atoms with Crippen LogP contribution in [-0.4, -0.2) is 45.9 Å². The molecule has 2 aromatic rings. The maximum absolute atomic E-state index is 12.8. The number of nitro benzene ring substituents is 1. The van der Waals surface area contributed by atoms with E-state index in [1.807, 2.05) is 4.90 Å². The predicted molar refractivity (Wildman–Crippen MR) is 94.7 cm³/mol. The Morgan fingerprint density at radius 1 is 1.24 bits per heavy atom. The second-order valence-corrected chi connectivity index (χ2v) is 7.38. The van der Waals surface area contributed by atoms with Crippen LogP contribution in [0.25, 0.3) is 10.6 Å². The Hall–Kier alpha value is -2.32. The Labute approximate surface area is 148 Å². The summed E-state index contributed by atoms with van der Waals surface area (Å²) < 4.78 is 0. The van der Waals surface area contributed by atoms with E-state index in [0.29, 0.717) is 22.8 Å². The molecule has 1 N–H and O–H groups in total. The molecule has 0 spiro atoms. The lowest BCUT2D eigenvalue weighted by Gasteiger charge is -2.23. The Kier molecular flexibility index (Phi) is 4.22. The van der Waals surface area contributed by atoms with Crippen molar-refractivity contribution in [1.82, 2.24) is 15.2 Å². The number of hydrogen-bond acceptors (Lipinski definition) is 6. The predicted octanol–water partition coefficient (Wildman–Crippen LogP) is 2.68. The molecule has 1 aromatic carbocycles. The van der Waals surface area contributed by atoms with Crippen molar-refractivity contribution < 1.29 is 9.72 Å². The zero-order chi connectivity index (χ0) is 17.4. The van der Waals surface area contributed by atoms with Crippen molar-refractivity contribution in [2.24, 2.45) is 0 Å². The molecule has 130 valence electrons. The molecule has 2 unspecified atom stereocenters. The first-order valence-electron chi connectivity index (χ1n) is 8.36. The van der Waals surface area contributed by atoms with E-state index >= 15 is 0 Å². The van der Waals surface area contributed by atoms with E-state index < -0.39 is 4.92 Å². The van der Waals surface area contributed by atoms with E-state index in [1.165, 1.54) is 29.9 Å². The first-order valence-corrected chi connectivity index (χ1v) is 9.24. The number of aromatic nitrogens is 1. The maximum atomic E-state index is 12.8. The normalized spacial score (nSPS) is 22.6. The third-order valence-electron chi connectivity index (χ3n) is 4.86. The molecule has 25 heavy (non-hydrogen) atoms. The molecule has 2 aliphatic rings. The fraction of sp³-hybridized carbons (Fsp3) is 0.412. The van der Waals surface area contributed by atoms with Gasteiger partial charge < -0.3 is 10.2 Å². The van der Waals surface area contributed by atoms with Gasteiger partial charge in [0.2, 0.25) is 0 Å². The van der Waals surface area contributed by atoms with Crippen LogP contribution in [0.15, 0.2) is 29.6 Å². The molecule has 7 nitrogen and oxygen atoms in total. The molecule has 2 fully saturated rings. The summed E-state index contributed by atoms with van der Waals surface area (Å²) in [4.78, 5) is 29.4. The highest BCUT2D eigenvalue weighted by atomic mass is 32.1. The van der Waals surface area contributed by atoms with Crippen LogP contribution in [0, 0.1) is 10.1 Å². The molecule has 1 amide bonds. The molecule has 2 atom stereocenters. The smallest absolute Gasteiger partial charge is 0.273 e. The summed E-state index contributed by atoms with van der Waals surface area (Å²) in [5.74, 6) is -0.0289. The van der Waals surface area contributed by atoms with Crippen molar-refractivity contribution >= 4 is 22.9 Å². The van der Waals surface area contributed by atoms with Gasteiger partial charge in [0.15, 0.2) is 0 Å². The third-order valence-corrected chi connectivity index (χ3v) is 5.75. The average molecular weight is 358 g/mol. The molecule has 1 aromatic heterocycles. The summed E-state index contributed by atoms with van der Waals surface area (Å²) >= 11 is 1.39. The number of carbonyl (C=O) groups excluding carboxylic acids is 1. The maximum Gasteiger partial charge on any atom is 0.273 e. The molecule has 4 rings (SSSR count). The minimum atomic E-state index is -0.429. The molecule has 2 aliphatic heterocycles. The minimum Gasteiger partial charge on any atom is -0.336 e. The molecule has 2 bridgehead atoms. The van der Waals surface area contributed by atoms with Gasteiger partial charge in [-0.1, -0.05) is 0 Å². The lowest BCUT2D eigenvalue weighted by Crippen LogP contribution is -2.39. The van der Waals surface area contributed by atoms with Crippen LogP contribution in [-0.2, 0) is 0 Å². The zero-order valence-electron chi connectivity index (χ0n) is 13.6. The molecule has 2 saturated heterocycles. The average Bonchev–Trinajstić information content (AvgIpc) is 3.21. The van der Waals surface area contributed by atoms with E-state index in [9.17, 15) is 14.9 Å². The van der Waals surface area contributed by atoms with Crippen LogP contribution in [0.1, 0.15) is 29.8 Å². The number of likely N-dealkylation sites (tertiary alicyclic amines) is 1. The summed E-state index contributed by atoms with van der Waals surface area (Å²) in [6.45, 7) is 1.50. The number of rotatable bonds is 3. The van der Waals surface area contributed by atoms with Crippen LogP contribution < -0.4 is 5.32 Å². The quantitative estimate of drug-likeness (QED) is 0.673. The van der Waals surface area contributed by atoms with Crippen molar-refractivity contribution in [2.45, 2.75) is 31.3 Å². The van der Waals surface area contributed by atoms with Gasteiger partial charge in [-0.15, -0.1) is 11.3 Å². The fourth-order valence-corrected chi connectivity index (χ4v) is 4.32. The number of nitrogens with zero attached hydrogens (tertiary/aromatic N) is 3. The highest BCUT2D eigenvalue weighted by Gasteiger charge is 2.32. The van der Waals surface area contributed by atoms with E-state index in [-0.39, 0.29) is 11.6 Å². The van der Waals surface area contributed by atoms with Gasteiger partial charge in [0.05, 0.1) is 4.92 Å². The lowest BCUT2D eigenvalue weighted by molar-refractivity contribution is -0.384. The number of non-ortho nitro benzene ring substituents is 1. The molecule has 3 heterocycles. The molecule has 0 saturated carbocycles. The second kappa shape index (κ2) is 6.53. The highest BCUT2D eigenvalue weighted by molar-refractivity contribution is 7.13. The largest absolute Gasteiger partial charge is 0.336 e. The van der Waals surface area contributed by atoms with Gasteiger partial charge >= 0.3 is 0 Å². The van der Waals surface area contributed by atoms with Gasteiger partial charge in [-0.05, 0) is 31.4 Å². The van der Waals surface area contributed by atoms with E-state index in [2.05, 4.69) is 10.3 Å². The summed E-state index contributed by atoms with van der Waals surface area (Å²) in [5.41, 5.74) is 1.28. The molecule has 8 heteroatoms. The van der Waals surface area contributed by atoms with Crippen LogP contribution in [0.5, 0.6) is 0 Å². The number of nitro groups is 1. The van der Waals surface area contributed by atoms with Crippen molar-refractivity contribution in [3.05, 3.63) is 45.5 Å². The number of amides is 1. The number of hydrogen-bond donors (Lipinski definition) is 1. The fourth-order valence-electron chi connectivity index (χ4n) is 3.52. The van der Waals surface area contributed by atoms with E-state index in [0.717, 1.165) is 31.5 Å². The van der Waals surface area contributed by atoms with Crippen LogP contribution in [0.2, 0.25) is 0 Å². The number of nitrogens with one attached hydrogen (secondary N) is 1. The summed E-state index contributed by atoms with van der Waals surface area (Å²) in [5, 5.41) is 16.8. The van der Waals surface area contributed by atoms with Crippen LogP contribution >= 0.6 is 11.3 Å². The first-order chi connectivity index (χ1) is 12.1. The van der Waals surface area contributed by atoms with Gasteiger partial charge in [0.1, 0.15) is 10.7 Å². The zero-order valence-corrected chi connectivity index (χ0v) is 14.4. The molecular formula is C17H18N4O3S. The standard InChI is InChI=1S/C17H18N4O3S/c22-17(20-8-7-12-3-4-13(9-20)18-12)15-10-25-16(19-15)11-1-5-14(6-2-11)21(23)24/h1-2,5-6,10,12-13,18H,3-4,7-9H2. The van der Waals surface area contributed by atoms with Crippen molar-refractivity contribution in [2.75, 3.05) is 13.1 Å². The first kappa shape index (κ1) is 16.2. The highest BCUT2D eigenvalue weighted by Crippen LogP contribution is 2.27. The van der Waals surface area contributed by atoms with Gasteiger partial charge in [-0.2, -0.15) is 0 Å². The number of carbonyl (C=O) groups is 1. The monoisotopic (exact) mass is 358 g/mol. The van der Waals surface area contributed by atoms with Gasteiger partial charge in [0, 0.05) is 48.2 Å². The van der Waals surface area contributed by atoms with Crippen LogP contribution in [0.4, 0.5) is 5.69 Å². The third kappa shape index (κ3) is 3.27. The Morgan fingerprint density at radius 2 is 2.00 bits per heavy atom. The second-order valence-electron chi connectivity index (χ2n) is 6.52. The van der Waals surface area contributed by atoms with Crippen molar-refractivity contribution in [1.29, 1.82) is 0 Å². The van der Waals surface area contributed by atoms with Crippen molar-refractivity contribution in [3.63, 3.8) is 0 Å². The van der Waals surface area contributed by atoms with Gasteiger partial charge in [-0.25, -0.2) is 4.98 Å². The molecular weight excluding hydrogens is 340 g/mol. The summed E-state index contributed by atoms with van der Waals surface area (Å²) in [6, 6.07) is 7.17. The van der Waals surface area contributed by atoms with Gasteiger partial charge in [0.25, 0.3) is 11.6 Å². The van der Waals surface area contributed by atoms with Gasteiger partial charge in [-0.3, -0.25) is 14.9 Å². The Morgan fingerprint density at radius 3 is 2.76 bits per heavy atom. The summed E-state index contributed by atoms with van der Waals surface area (Å²) in [7, 11) is 0. The van der Waals surface area contributed by atoms with E-state index in [4.69, 9.17) is 0 Å². The SMILES string of the molecule is O=C(c1csc(-c2ccc([N+](=O)[O-])cc2)n1)N1CCC2CCC(C1)N2. The topological polar surface area (TPSA) is 88.4 Å². The lowest BCUT2D eigenvalue weighted by atomic mass is 10.1. The Balaban J connectivity index is 1.50. The van der Waals surface area contributed by atoms with Crippen molar-refractivity contribution in [3.8, 4) is 10.6 Å². The minimum absolute atomic E-state index is 0.0289. The molecule has 0 radical (unpaired) electrons. The molecule has 0 aliphatic carbocycles. The Bertz CT molecular complexity index is 804. The van der Waals surface area contributed by atoms with E-state index in [1.54, 1.807) is 17.5 Å². The van der Waals surface area contributed by atoms with Crippen LogP contribution in [0.3, 0.4) is 0 Å². The summed E-state index contributed by atoms with van der Waals surface area (Å²) in [6.07, 6.45) is 3.31. The number of benzene rings is 1. The number of fused-ring (bicyclic) bond motifs is 2.